The minimum Gasteiger partial charge on any atom is -0.339 e. The van der Waals surface area contributed by atoms with Gasteiger partial charge in [-0.2, -0.15) is 4.98 Å². The van der Waals surface area contributed by atoms with Crippen LogP contribution in [0.4, 0.5) is 0 Å². The van der Waals surface area contributed by atoms with Crippen LogP contribution in [-0.4, -0.2) is 46.3 Å². The summed E-state index contributed by atoms with van der Waals surface area (Å²) in [5, 5.41) is 7.67. The fraction of sp³-hybridized carbons (Fsp3) is 0.867. The molecule has 0 amide bonds. The summed E-state index contributed by atoms with van der Waals surface area (Å²) in [6.07, 6.45) is 4.82. The Labute approximate surface area is 121 Å². The van der Waals surface area contributed by atoms with Gasteiger partial charge in [-0.1, -0.05) is 12.1 Å². The second-order valence-corrected chi connectivity index (χ2v) is 6.59. The average molecular weight is 278 g/mol. The van der Waals surface area contributed by atoms with E-state index in [9.17, 15) is 0 Å². The number of aryl methyl sites for hydroxylation is 1. The van der Waals surface area contributed by atoms with Crippen molar-refractivity contribution in [3.05, 3.63) is 11.7 Å². The Morgan fingerprint density at radius 1 is 1.45 bits per heavy atom. The van der Waals surface area contributed by atoms with Gasteiger partial charge in [0.1, 0.15) is 0 Å². The molecule has 112 valence electrons. The van der Waals surface area contributed by atoms with Gasteiger partial charge < -0.3 is 9.84 Å². The van der Waals surface area contributed by atoms with Crippen LogP contribution in [-0.2, 0) is 6.42 Å². The lowest BCUT2D eigenvalue weighted by Crippen LogP contribution is -2.64. The van der Waals surface area contributed by atoms with Gasteiger partial charge in [0.15, 0.2) is 5.82 Å². The third-order valence-corrected chi connectivity index (χ3v) is 4.92. The van der Waals surface area contributed by atoms with Crippen LogP contribution in [0, 0.1) is 12.8 Å². The summed E-state index contributed by atoms with van der Waals surface area (Å²) in [6, 6.07) is 0.630. The van der Waals surface area contributed by atoms with Crippen molar-refractivity contribution >= 4 is 0 Å². The summed E-state index contributed by atoms with van der Waals surface area (Å²) in [7, 11) is 0. The maximum atomic E-state index is 5.23. The third kappa shape index (κ3) is 2.88. The summed E-state index contributed by atoms with van der Waals surface area (Å²) in [6.45, 7) is 9.80. The van der Waals surface area contributed by atoms with Crippen molar-refractivity contribution in [3.8, 4) is 0 Å². The Kier molecular flexibility index (Phi) is 3.82. The molecule has 1 aromatic rings. The lowest BCUT2D eigenvalue weighted by Gasteiger charge is -2.46. The molecule has 5 nitrogen and oxygen atoms in total. The molecule has 0 spiro atoms. The molecule has 1 saturated heterocycles. The highest BCUT2D eigenvalue weighted by molar-refractivity contribution is 5.04. The molecule has 2 aliphatic rings. The van der Waals surface area contributed by atoms with Gasteiger partial charge in [0.05, 0.1) is 0 Å². The lowest BCUT2D eigenvalue weighted by atomic mass is 9.90. The molecule has 1 N–H and O–H groups in total. The van der Waals surface area contributed by atoms with Crippen molar-refractivity contribution in [1.29, 1.82) is 0 Å². The molecule has 2 heterocycles. The number of piperazine rings is 1. The number of rotatable bonds is 5. The molecule has 0 aromatic carbocycles. The summed E-state index contributed by atoms with van der Waals surface area (Å²) in [5.74, 6) is 2.37. The first-order valence-corrected chi connectivity index (χ1v) is 7.89. The van der Waals surface area contributed by atoms with E-state index in [1.54, 1.807) is 0 Å². The minimum atomic E-state index is 0.302. The molecule has 3 rings (SSSR count). The summed E-state index contributed by atoms with van der Waals surface area (Å²) < 4.78 is 5.23. The predicted octanol–water partition coefficient (Wildman–Crippen LogP) is 1.77. The van der Waals surface area contributed by atoms with E-state index < -0.39 is 0 Å². The molecule has 5 heteroatoms. The molecule has 1 aliphatic heterocycles. The number of hydrogen-bond acceptors (Lipinski definition) is 5. The Morgan fingerprint density at radius 3 is 2.85 bits per heavy atom. The standard InChI is InChI=1S/C15H26N4O/c1-4-13-9-16-15(3,12-5-6-12)10-19(13)8-7-14-17-11(2)18-20-14/h12-13,16H,4-10H2,1-3H3. The largest absolute Gasteiger partial charge is 0.339 e. The SMILES string of the molecule is CCC1CNC(C)(C2CC2)CN1CCc1nc(C)no1. The first-order chi connectivity index (χ1) is 9.60. The second kappa shape index (κ2) is 5.45. The average Bonchev–Trinajstić information content (AvgIpc) is 3.21. The van der Waals surface area contributed by atoms with Crippen LogP contribution in [0.1, 0.15) is 44.8 Å². The van der Waals surface area contributed by atoms with Crippen molar-refractivity contribution < 1.29 is 4.52 Å². The normalized spacial score (nSPS) is 31.6. The molecule has 2 fully saturated rings. The van der Waals surface area contributed by atoms with E-state index in [-0.39, 0.29) is 0 Å². The van der Waals surface area contributed by atoms with Gasteiger partial charge >= 0.3 is 0 Å². The fourth-order valence-electron chi connectivity index (χ4n) is 3.43. The van der Waals surface area contributed by atoms with E-state index in [0.29, 0.717) is 11.6 Å². The topological polar surface area (TPSA) is 54.2 Å². The molecule has 1 saturated carbocycles. The van der Waals surface area contributed by atoms with Crippen LogP contribution >= 0.6 is 0 Å². The van der Waals surface area contributed by atoms with E-state index in [1.165, 1.54) is 19.3 Å². The highest BCUT2D eigenvalue weighted by Gasteiger charge is 2.45. The van der Waals surface area contributed by atoms with E-state index in [0.717, 1.165) is 43.7 Å². The minimum absolute atomic E-state index is 0.302. The zero-order valence-corrected chi connectivity index (χ0v) is 12.9. The first-order valence-electron chi connectivity index (χ1n) is 7.89. The van der Waals surface area contributed by atoms with E-state index >= 15 is 0 Å². The Bertz CT molecular complexity index is 456. The molecule has 0 bridgehead atoms. The van der Waals surface area contributed by atoms with Crippen LogP contribution in [0.5, 0.6) is 0 Å². The monoisotopic (exact) mass is 278 g/mol. The smallest absolute Gasteiger partial charge is 0.227 e. The van der Waals surface area contributed by atoms with Gasteiger partial charge in [-0.25, -0.2) is 0 Å². The number of nitrogens with zero attached hydrogens (tertiary/aromatic N) is 3. The Balaban J connectivity index is 1.61. The van der Waals surface area contributed by atoms with Crippen LogP contribution in [0.15, 0.2) is 4.52 Å². The zero-order valence-electron chi connectivity index (χ0n) is 12.9. The van der Waals surface area contributed by atoms with Crippen molar-refractivity contribution in [2.45, 2.75) is 58.0 Å². The molecule has 2 atom stereocenters. The van der Waals surface area contributed by atoms with Gasteiger partial charge in [-0.15, -0.1) is 0 Å². The van der Waals surface area contributed by atoms with Gasteiger partial charge in [-0.05, 0) is 39.0 Å². The van der Waals surface area contributed by atoms with E-state index in [2.05, 4.69) is 34.2 Å². The Hall–Kier alpha value is -0.940. The quantitative estimate of drug-likeness (QED) is 0.889. The van der Waals surface area contributed by atoms with Crippen LogP contribution in [0.3, 0.4) is 0 Å². The van der Waals surface area contributed by atoms with Crippen LogP contribution in [0.25, 0.3) is 0 Å². The van der Waals surface area contributed by atoms with Gasteiger partial charge in [0.25, 0.3) is 0 Å². The van der Waals surface area contributed by atoms with Gasteiger partial charge in [0, 0.05) is 37.6 Å². The van der Waals surface area contributed by atoms with Crippen molar-refractivity contribution in [1.82, 2.24) is 20.4 Å². The lowest BCUT2D eigenvalue weighted by molar-refractivity contribution is 0.0721. The molecule has 2 unspecified atom stereocenters. The maximum absolute atomic E-state index is 5.23. The van der Waals surface area contributed by atoms with E-state index in [1.807, 2.05) is 6.92 Å². The van der Waals surface area contributed by atoms with Crippen LogP contribution < -0.4 is 5.32 Å². The molecule has 20 heavy (non-hydrogen) atoms. The number of hydrogen-bond donors (Lipinski definition) is 1. The summed E-state index contributed by atoms with van der Waals surface area (Å²) >= 11 is 0. The predicted molar refractivity (Wildman–Crippen MR) is 77.5 cm³/mol. The molecular formula is C15H26N4O. The number of aromatic nitrogens is 2. The number of nitrogens with one attached hydrogen (secondary N) is 1. The molecule has 0 radical (unpaired) electrons. The van der Waals surface area contributed by atoms with Crippen LogP contribution in [0.2, 0.25) is 0 Å². The molecular weight excluding hydrogens is 252 g/mol. The first kappa shape index (κ1) is 14.0. The Morgan fingerprint density at radius 2 is 2.25 bits per heavy atom. The van der Waals surface area contributed by atoms with E-state index in [4.69, 9.17) is 4.52 Å². The zero-order chi connectivity index (χ0) is 14.2. The van der Waals surface area contributed by atoms with Crippen molar-refractivity contribution in [3.63, 3.8) is 0 Å². The highest BCUT2D eigenvalue weighted by Crippen LogP contribution is 2.41. The van der Waals surface area contributed by atoms with Crippen molar-refractivity contribution in [2.75, 3.05) is 19.6 Å². The second-order valence-electron chi connectivity index (χ2n) is 6.59. The van der Waals surface area contributed by atoms with Crippen molar-refractivity contribution in [2.24, 2.45) is 5.92 Å². The summed E-state index contributed by atoms with van der Waals surface area (Å²) in [4.78, 5) is 6.93. The maximum Gasteiger partial charge on any atom is 0.227 e. The fourth-order valence-corrected chi connectivity index (χ4v) is 3.43. The third-order valence-electron chi connectivity index (χ3n) is 4.92. The molecule has 1 aromatic heterocycles. The molecule has 1 aliphatic carbocycles. The van der Waals surface area contributed by atoms with Gasteiger partial charge in [-0.3, -0.25) is 4.90 Å². The summed E-state index contributed by atoms with van der Waals surface area (Å²) in [5.41, 5.74) is 0.302. The highest BCUT2D eigenvalue weighted by atomic mass is 16.5. The van der Waals surface area contributed by atoms with Gasteiger partial charge in [0.2, 0.25) is 5.89 Å².